The Kier molecular flexibility index (Phi) is 3.02. The average molecular weight is 165 g/mol. The van der Waals surface area contributed by atoms with Crippen molar-refractivity contribution in [3.63, 3.8) is 0 Å². The number of amidine groups is 1. The van der Waals surface area contributed by atoms with E-state index in [1.807, 2.05) is 33.2 Å². The van der Waals surface area contributed by atoms with E-state index >= 15 is 0 Å². The third-order valence-corrected chi connectivity index (χ3v) is 1.63. The van der Waals surface area contributed by atoms with Gasteiger partial charge in [0, 0.05) is 19.8 Å². The Hall–Kier alpha value is -1.12. The summed E-state index contributed by atoms with van der Waals surface area (Å²) in [6.45, 7) is 5.65. The van der Waals surface area contributed by atoms with Crippen molar-refractivity contribution in [2.45, 2.75) is 13.8 Å². The van der Waals surface area contributed by atoms with Crippen molar-refractivity contribution in [2.24, 2.45) is 9.98 Å². The lowest BCUT2D eigenvalue weighted by Crippen LogP contribution is -2.12. The first-order valence-corrected chi connectivity index (χ1v) is 4.19. The molecule has 0 bridgehead atoms. The molecule has 0 amide bonds. The van der Waals surface area contributed by atoms with E-state index < -0.39 is 0 Å². The van der Waals surface area contributed by atoms with Crippen LogP contribution in [0.5, 0.6) is 0 Å². The van der Waals surface area contributed by atoms with E-state index in [9.17, 15) is 0 Å². The summed E-state index contributed by atoms with van der Waals surface area (Å²) in [7, 11) is 2.03. The molecule has 0 saturated carbocycles. The molecule has 0 saturated heterocycles. The highest BCUT2D eigenvalue weighted by atomic mass is 15.1. The molecule has 1 aliphatic heterocycles. The Morgan fingerprint density at radius 2 is 2.42 bits per heavy atom. The fourth-order valence-corrected chi connectivity index (χ4v) is 1.12. The Labute approximate surface area is 73.5 Å². The summed E-state index contributed by atoms with van der Waals surface area (Å²) in [5, 5.41) is 0. The first kappa shape index (κ1) is 8.97. The molecule has 0 atom stereocenters. The lowest BCUT2D eigenvalue weighted by atomic mass is 10.4. The van der Waals surface area contributed by atoms with E-state index in [1.54, 1.807) is 0 Å². The lowest BCUT2D eigenvalue weighted by Gasteiger charge is -2.04. The van der Waals surface area contributed by atoms with Crippen molar-refractivity contribution < 1.29 is 0 Å². The second-order valence-electron chi connectivity index (χ2n) is 2.86. The number of rotatable bonds is 1. The van der Waals surface area contributed by atoms with E-state index in [0.717, 1.165) is 24.6 Å². The summed E-state index contributed by atoms with van der Waals surface area (Å²) in [6.07, 6.45) is 4.05. The highest BCUT2D eigenvalue weighted by Crippen LogP contribution is 1.99. The smallest absolute Gasteiger partial charge is 0.120 e. The minimum absolute atomic E-state index is 0.808. The molecule has 66 valence electrons. The summed E-state index contributed by atoms with van der Waals surface area (Å²) >= 11 is 0. The lowest BCUT2D eigenvalue weighted by molar-refractivity contribution is 0.540. The molecular weight excluding hydrogens is 150 g/mol. The quantitative estimate of drug-likeness (QED) is 0.425. The van der Waals surface area contributed by atoms with Gasteiger partial charge in [0.25, 0.3) is 0 Å². The first-order chi connectivity index (χ1) is 5.72. The normalized spacial score (nSPS) is 21.1. The zero-order valence-corrected chi connectivity index (χ0v) is 7.91. The van der Waals surface area contributed by atoms with Gasteiger partial charge >= 0.3 is 0 Å². The summed E-state index contributed by atoms with van der Waals surface area (Å²) in [6, 6.07) is 0. The fraction of sp³-hybridized carbons (Fsp3) is 0.556. The van der Waals surface area contributed by atoms with Crippen molar-refractivity contribution >= 4 is 11.5 Å². The van der Waals surface area contributed by atoms with E-state index in [4.69, 9.17) is 0 Å². The van der Waals surface area contributed by atoms with Crippen molar-refractivity contribution in [3.8, 4) is 0 Å². The Balaban J connectivity index is 2.59. The van der Waals surface area contributed by atoms with Gasteiger partial charge in [-0.2, -0.15) is 0 Å². The maximum atomic E-state index is 4.35. The van der Waals surface area contributed by atoms with E-state index in [-0.39, 0.29) is 0 Å². The molecule has 1 rings (SSSR count). The van der Waals surface area contributed by atoms with Crippen LogP contribution < -0.4 is 0 Å². The molecule has 0 aromatic rings. The van der Waals surface area contributed by atoms with Crippen molar-refractivity contribution in [2.75, 3.05) is 20.1 Å². The highest BCUT2D eigenvalue weighted by molar-refractivity contribution is 6.05. The molecule has 0 aromatic heterocycles. The molecule has 0 aromatic carbocycles. The van der Waals surface area contributed by atoms with Crippen LogP contribution >= 0.6 is 0 Å². The molecule has 0 spiro atoms. The first-order valence-electron chi connectivity index (χ1n) is 4.19. The second kappa shape index (κ2) is 4.04. The Morgan fingerprint density at radius 3 is 2.92 bits per heavy atom. The molecule has 0 unspecified atom stereocenters. The van der Waals surface area contributed by atoms with Crippen LogP contribution in [-0.2, 0) is 0 Å². The van der Waals surface area contributed by atoms with Crippen LogP contribution in [0.15, 0.2) is 22.3 Å². The SMILES string of the molecule is CCN=C(C)N=C1C=CN(C)C1. The molecule has 0 N–H and O–H groups in total. The molecule has 1 aliphatic rings. The zero-order chi connectivity index (χ0) is 8.97. The standard InChI is InChI=1S/C9H15N3/c1-4-10-8(2)11-9-5-6-12(3)7-9/h5-6H,4,7H2,1-3H3. The number of hydrogen-bond acceptors (Lipinski definition) is 2. The summed E-state index contributed by atoms with van der Waals surface area (Å²) in [5.41, 5.74) is 1.09. The number of hydrogen-bond donors (Lipinski definition) is 0. The van der Waals surface area contributed by atoms with Crippen LogP contribution in [0.4, 0.5) is 0 Å². The van der Waals surface area contributed by atoms with Gasteiger partial charge in [0.05, 0.1) is 12.3 Å². The van der Waals surface area contributed by atoms with E-state index in [1.165, 1.54) is 0 Å². The summed E-state index contributed by atoms with van der Waals surface area (Å²) in [4.78, 5) is 10.6. The molecule has 0 aliphatic carbocycles. The van der Waals surface area contributed by atoms with Gasteiger partial charge in [-0.15, -0.1) is 0 Å². The second-order valence-corrected chi connectivity index (χ2v) is 2.86. The zero-order valence-electron chi connectivity index (χ0n) is 7.91. The highest BCUT2D eigenvalue weighted by Gasteiger charge is 2.05. The van der Waals surface area contributed by atoms with Gasteiger partial charge in [-0.1, -0.05) is 0 Å². The van der Waals surface area contributed by atoms with Gasteiger partial charge in [0.15, 0.2) is 0 Å². The van der Waals surface area contributed by atoms with E-state index in [2.05, 4.69) is 14.9 Å². The third-order valence-electron chi connectivity index (χ3n) is 1.63. The third kappa shape index (κ3) is 2.49. The number of aliphatic imine (C=N–C) groups is 2. The van der Waals surface area contributed by atoms with Crippen molar-refractivity contribution in [3.05, 3.63) is 12.3 Å². The van der Waals surface area contributed by atoms with Gasteiger partial charge in [-0.3, -0.25) is 4.99 Å². The molecular formula is C9H15N3. The molecule has 1 heterocycles. The van der Waals surface area contributed by atoms with Crippen molar-refractivity contribution in [1.82, 2.24) is 4.90 Å². The van der Waals surface area contributed by atoms with Crippen LogP contribution in [0.1, 0.15) is 13.8 Å². The summed E-state index contributed by atoms with van der Waals surface area (Å²) < 4.78 is 0. The van der Waals surface area contributed by atoms with Gasteiger partial charge in [0.1, 0.15) is 5.84 Å². The van der Waals surface area contributed by atoms with Gasteiger partial charge in [-0.05, 0) is 19.9 Å². The molecule has 12 heavy (non-hydrogen) atoms. The molecule has 3 nitrogen and oxygen atoms in total. The molecule has 0 fully saturated rings. The topological polar surface area (TPSA) is 28.0 Å². The fourth-order valence-electron chi connectivity index (χ4n) is 1.12. The maximum Gasteiger partial charge on any atom is 0.120 e. The predicted molar refractivity (Wildman–Crippen MR) is 52.9 cm³/mol. The van der Waals surface area contributed by atoms with Crippen LogP contribution in [0.3, 0.4) is 0 Å². The average Bonchev–Trinajstić information content (AvgIpc) is 2.36. The minimum atomic E-state index is 0.808. The monoisotopic (exact) mass is 165 g/mol. The summed E-state index contributed by atoms with van der Waals surface area (Å²) in [5.74, 6) is 0.868. The van der Waals surface area contributed by atoms with Crippen LogP contribution in [0.25, 0.3) is 0 Å². The Bertz CT molecular complexity index is 238. The van der Waals surface area contributed by atoms with Crippen LogP contribution in [-0.4, -0.2) is 36.6 Å². The van der Waals surface area contributed by atoms with Crippen LogP contribution in [0, 0.1) is 0 Å². The predicted octanol–water partition coefficient (Wildman–Crippen LogP) is 1.32. The molecule has 0 radical (unpaired) electrons. The minimum Gasteiger partial charge on any atom is -0.374 e. The number of nitrogens with zero attached hydrogens (tertiary/aromatic N) is 3. The molecule has 3 heteroatoms. The van der Waals surface area contributed by atoms with Gasteiger partial charge in [-0.25, -0.2) is 4.99 Å². The van der Waals surface area contributed by atoms with Gasteiger partial charge < -0.3 is 4.90 Å². The largest absolute Gasteiger partial charge is 0.374 e. The van der Waals surface area contributed by atoms with Crippen LogP contribution in [0.2, 0.25) is 0 Å². The van der Waals surface area contributed by atoms with Crippen molar-refractivity contribution in [1.29, 1.82) is 0 Å². The van der Waals surface area contributed by atoms with E-state index in [0.29, 0.717) is 0 Å². The van der Waals surface area contributed by atoms with Gasteiger partial charge in [0.2, 0.25) is 0 Å². The Morgan fingerprint density at radius 1 is 1.67 bits per heavy atom. The maximum absolute atomic E-state index is 4.35.